The number of methoxy groups -OCH3 is 1. The van der Waals surface area contributed by atoms with Gasteiger partial charge in [-0.1, -0.05) is 30.3 Å². The second kappa shape index (κ2) is 7.27. The van der Waals surface area contributed by atoms with E-state index in [2.05, 4.69) is 5.32 Å². The molecule has 3 rings (SSSR count). The van der Waals surface area contributed by atoms with E-state index >= 15 is 0 Å². The summed E-state index contributed by atoms with van der Waals surface area (Å²) in [6.07, 6.45) is -2.86. The molecule has 0 bridgehead atoms. The van der Waals surface area contributed by atoms with E-state index < -0.39 is 17.8 Å². The van der Waals surface area contributed by atoms with Crippen LogP contribution in [0.1, 0.15) is 24.0 Å². The molecule has 0 heterocycles. The van der Waals surface area contributed by atoms with Crippen LogP contribution in [0.4, 0.5) is 23.7 Å². The molecule has 2 amide bonds. The van der Waals surface area contributed by atoms with Gasteiger partial charge in [0.15, 0.2) is 0 Å². The highest BCUT2D eigenvalue weighted by Gasteiger charge is 2.36. The minimum Gasteiger partial charge on any atom is -0.496 e. The van der Waals surface area contributed by atoms with Gasteiger partial charge in [-0.15, -0.1) is 0 Å². The van der Waals surface area contributed by atoms with Crippen molar-refractivity contribution < 1.29 is 22.7 Å². The van der Waals surface area contributed by atoms with Crippen LogP contribution in [0, 0.1) is 0 Å². The molecule has 1 aliphatic carbocycles. The number of benzene rings is 2. The number of halogens is 3. The standard InChI is InChI=1S/C19H19F3N2O2/c1-26-17-9-5-2-6-13(17)12-24(14-10-11-14)18(25)23-16-8-4-3-7-15(16)19(20,21)22/h2-9,14H,10-12H2,1H3,(H,23,25). The second-order valence-electron chi connectivity index (χ2n) is 6.14. The van der Waals surface area contributed by atoms with Gasteiger partial charge in [0.2, 0.25) is 0 Å². The molecule has 0 spiro atoms. The molecular formula is C19H19F3N2O2. The van der Waals surface area contributed by atoms with Gasteiger partial charge in [0.05, 0.1) is 24.9 Å². The van der Waals surface area contributed by atoms with Crippen LogP contribution in [0.25, 0.3) is 0 Å². The Kier molecular flexibility index (Phi) is 5.06. The number of para-hydroxylation sites is 2. The Morgan fingerprint density at radius 2 is 1.81 bits per heavy atom. The number of urea groups is 1. The Bertz CT molecular complexity index is 788. The number of amides is 2. The second-order valence-corrected chi connectivity index (χ2v) is 6.14. The van der Waals surface area contributed by atoms with Gasteiger partial charge in [0.1, 0.15) is 5.75 Å². The lowest BCUT2D eigenvalue weighted by Gasteiger charge is -2.25. The highest BCUT2D eigenvalue weighted by molar-refractivity contribution is 5.90. The molecule has 4 nitrogen and oxygen atoms in total. The fraction of sp³-hybridized carbons (Fsp3) is 0.316. The number of hydrogen-bond acceptors (Lipinski definition) is 2. The first-order chi connectivity index (χ1) is 12.4. The number of hydrogen-bond donors (Lipinski definition) is 1. The topological polar surface area (TPSA) is 41.6 Å². The summed E-state index contributed by atoms with van der Waals surface area (Å²) in [5, 5.41) is 2.42. The van der Waals surface area contributed by atoms with Crippen molar-refractivity contribution in [1.82, 2.24) is 4.90 Å². The van der Waals surface area contributed by atoms with Gasteiger partial charge in [-0.25, -0.2) is 4.79 Å². The Labute approximate surface area is 149 Å². The fourth-order valence-corrected chi connectivity index (χ4v) is 2.80. The van der Waals surface area contributed by atoms with Crippen molar-refractivity contribution in [1.29, 1.82) is 0 Å². The molecule has 7 heteroatoms. The first-order valence-corrected chi connectivity index (χ1v) is 8.26. The molecule has 1 saturated carbocycles. The largest absolute Gasteiger partial charge is 0.496 e. The molecule has 1 fully saturated rings. The summed E-state index contributed by atoms with van der Waals surface area (Å²) in [5.74, 6) is 0.640. The Morgan fingerprint density at radius 1 is 1.15 bits per heavy atom. The first-order valence-electron chi connectivity index (χ1n) is 8.26. The third-order valence-electron chi connectivity index (χ3n) is 4.26. The highest BCUT2D eigenvalue weighted by atomic mass is 19.4. The average molecular weight is 364 g/mol. The number of nitrogens with one attached hydrogen (secondary N) is 1. The van der Waals surface area contributed by atoms with Gasteiger partial charge in [-0.2, -0.15) is 13.2 Å². The molecule has 1 N–H and O–H groups in total. The molecule has 0 radical (unpaired) electrons. The quantitative estimate of drug-likeness (QED) is 0.819. The summed E-state index contributed by atoms with van der Waals surface area (Å²) in [7, 11) is 1.54. The van der Waals surface area contributed by atoms with Crippen LogP contribution in [0.2, 0.25) is 0 Å². The summed E-state index contributed by atoms with van der Waals surface area (Å²) in [6.45, 7) is 0.273. The van der Waals surface area contributed by atoms with E-state index in [4.69, 9.17) is 4.74 Å². The van der Waals surface area contributed by atoms with E-state index in [1.54, 1.807) is 18.1 Å². The Morgan fingerprint density at radius 3 is 2.46 bits per heavy atom. The maximum atomic E-state index is 13.1. The van der Waals surface area contributed by atoms with Crippen LogP contribution in [-0.2, 0) is 12.7 Å². The molecule has 0 atom stereocenters. The van der Waals surface area contributed by atoms with Crippen LogP contribution in [0.3, 0.4) is 0 Å². The molecule has 2 aromatic rings. The number of rotatable bonds is 5. The SMILES string of the molecule is COc1ccccc1CN(C(=O)Nc1ccccc1C(F)(F)F)C1CC1. The number of carbonyl (C=O) groups excluding carboxylic acids is 1. The third-order valence-corrected chi connectivity index (χ3v) is 4.26. The van der Waals surface area contributed by atoms with Crippen molar-refractivity contribution in [3.05, 3.63) is 59.7 Å². The summed E-state index contributed by atoms with van der Waals surface area (Å²) in [6, 6.07) is 11.7. The zero-order valence-electron chi connectivity index (χ0n) is 14.2. The van der Waals surface area contributed by atoms with E-state index in [1.807, 2.05) is 18.2 Å². The van der Waals surface area contributed by atoms with Crippen molar-refractivity contribution in [2.75, 3.05) is 12.4 Å². The fourth-order valence-electron chi connectivity index (χ4n) is 2.80. The van der Waals surface area contributed by atoms with Gasteiger partial charge in [0.25, 0.3) is 0 Å². The van der Waals surface area contributed by atoms with Crippen LogP contribution >= 0.6 is 0 Å². The van der Waals surface area contributed by atoms with E-state index in [1.165, 1.54) is 18.2 Å². The van der Waals surface area contributed by atoms with Gasteiger partial charge in [-0.05, 0) is 31.0 Å². The molecule has 0 aromatic heterocycles. The van der Waals surface area contributed by atoms with E-state index in [0.717, 1.165) is 24.5 Å². The minimum atomic E-state index is -4.53. The van der Waals surface area contributed by atoms with Crippen molar-refractivity contribution >= 4 is 11.7 Å². The van der Waals surface area contributed by atoms with Crippen LogP contribution in [0.5, 0.6) is 5.75 Å². The lowest BCUT2D eigenvalue weighted by molar-refractivity contribution is -0.136. The summed E-state index contributed by atoms with van der Waals surface area (Å²) in [5.41, 5.74) is -0.293. The van der Waals surface area contributed by atoms with Crippen molar-refractivity contribution in [2.45, 2.75) is 31.6 Å². The Hall–Kier alpha value is -2.70. The van der Waals surface area contributed by atoms with Crippen LogP contribution in [0.15, 0.2) is 48.5 Å². The maximum absolute atomic E-state index is 13.1. The Balaban J connectivity index is 1.81. The molecule has 1 aliphatic rings. The normalized spacial score (nSPS) is 14.0. The summed E-state index contributed by atoms with van der Waals surface area (Å²) < 4.78 is 44.7. The van der Waals surface area contributed by atoms with E-state index in [9.17, 15) is 18.0 Å². The lowest BCUT2D eigenvalue weighted by atomic mass is 10.1. The van der Waals surface area contributed by atoms with Crippen molar-refractivity contribution in [3.63, 3.8) is 0 Å². The molecule has 0 aliphatic heterocycles. The number of ether oxygens (including phenoxy) is 1. The summed E-state index contributed by atoms with van der Waals surface area (Å²) >= 11 is 0. The minimum absolute atomic E-state index is 0.0259. The van der Waals surface area contributed by atoms with E-state index in [0.29, 0.717) is 5.75 Å². The van der Waals surface area contributed by atoms with Crippen LogP contribution < -0.4 is 10.1 Å². The molecular weight excluding hydrogens is 345 g/mol. The van der Waals surface area contributed by atoms with Crippen molar-refractivity contribution in [2.24, 2.45) is 0 Å². The molecule has 26 heavy (non-hydrogen) atoms. The number of nitrogens with zero attached hydrogens (tertiary/aromatic N) is 1. The molecule has 0 unspecified atom stereocenters. The van der Waals surface area contributed by atoms with Gasteiger partial charge in [0, 0.05) is 11.6 Å². The lowest BCUT2D eigenvalue weighted by Crippen LogP contribution is -2.36. The predicted octanol–water partition coefficient (Wildman–Crippen LogP) is 4.91. The molecule has 2 aromatic carbocycles. The number of anilines is 1. The maximum Gasteiger partial charge on any atom is 0.418 e. The van der Waals surface area contributed by atoms with Gasteiger partial charge < -0.3 is 15.0 Å². The average Bonchev–Trinajstić information content (AvgIpc) is 3.44. The predicted molar refractivity (Wildman–Crippen MR) is 92.0 cm³/mol. The first kappa shape index (κ1) is 18.1. The van der Waals surface area contributed by atoms with Gasteiger partial charge in [-0.3, -0.25) is 0 Å². The third kappa shape index (κ3) is 4.09. The molecule has 138 valence electrons. The van der Waals surface area contributed by atoms with Crippen LogP contribution in [-0.4, -0.2) is 24.1 Å². The highest BCUT2D eigenvalue weighted by Crippen LogP contribution is 2.36. The number of alkyl halides is 3. The smallest absolute Gasteiger partial charge is 0.418 e. The zero-order chi connectivity index (χ0) is 18.7. The summed E-state index contributed by atoms with van der Waals surface area (Å²) in [4.78, 5) is 14.2. The van der Waals surface area contributed by atoms with E-state index in [-0.39, 0.29) is 18.3 Å². The molecule has 0 saturated heterocycles. The van der Waals surface area contributed by atoms with Gasteiger partial charge >= 0.3 is 12.2 Å². The number of carbonyl (C=O) groups is 1. The monoisotopic (exact) mass is 364 g/mol. The zero-order valence-corrected chi connectivity index (χ0v) is 14.2. The van der Waals surface area contributed by atoms with Crippen molar-refractivity contribution in [3.8, 4) is 5.75 Å².